The van der Waals surface area contributed by atoms with E-state index in [0.29, 0.717) is 23.1 Å². The summed E-state index contributed by atoms with van der Waals surface area (Å²) in [6.07, 6.45) is 2.37. The summed E-state index contributed by atoms with van der Waals surface area (Å²) in [5, 5.41) is 22.3. The molecule has 1 heterocycles. The van der Waals surface area contributed by atoms with Gasteiger partial charge in [0.2, 0.25) is 0 Å². The molecule has 0 fully saturated rings. The Balaban J connectivity index is 1.74. The van der Waals surface area contributed by atoms with Crippen LogP contribution in [-0.4, -0.2) is 27.1 Å². The highest BCUT2D eigenvalue weighted by Crippen LogP contribution is 2.21. The quantitative estimate of drug-likeness (QED) is 0.548. The molecule has 3 rings (SSSR count). The average Bonchev–Trinajstić information content (AvgIpc) is 3.02. The van der Waals surface area contributed by atoms with Gasteiger partial charge in [0.25, 0.3) is 5.91 Å². The van der Waals surface area contributed by atoms with Gasteiger partial charge in [-0.05, 0) is 60.4 Å². The maximum absolute atomic E-state index is 13.5. The number of nitrogens with one attached hydrogen (secondary N) is 2. The summed E-state index contributed by atoms with van der Waals surface area (Å²) >= 11 is 0. The molecule has 26 heavy (non-hydrogen) atoms. The number of hydrogen-bond acceptors (Lipinski definition) is 3. The van der Waals surface area contributed by atoms with Crippen LogP contribution in [0.1, 0.15) is 34.0 Å². The SMILES string of the molecule is CC(Cc1c[nH]c2ccc(F)cc12)NC(=O)c1cc(CO)cc(CO)c1. The Morgan fingerprint density at radius 3 is 2.50 bits per heavy atom. The van der Waals surface area contributed by atoms with Gasteiger partial charge in [-0.2, -0.15) is 0 Å². The van der Waals surface area contributed by atoms with Crippen LogP contribution in [0.3, 0.4) is 0 Å². The molecule has 0 saturated carbocycles. The molecule has 1 unspecified atom stereocenters. The van der Waals surface area contributed by atoms with E-state index in [1.165, 1.54) is 12.1 Å². The van der Waals surface area contributed by atoms with Crippen LogP contribution in [0.4, 0.5) is 4.39 Å². The average molecular weight is 356 g/mol. The van der Waals surface area contributed by atoms with Gasteiger partial charge in [-0.15, -0.1) is 0 Å². The van der Waals surface area contributed by atoms with E-state index in [0.717, 1.165) is 16.5 Å². The number of aromatic amines is 1. The van der Waals surface area contributed by atoms with Crippen molar-refractivity contribution in [1.82, 2.24) is 10.3 Å². The number of carbonyl (C=O) groups is 1. The number of aromatic nitrogens is 1. The van der Waals surface area contributed by atoms with Gasteiger partial charge in [0.15, 0.2) is 0 Å². The van der Waals surface area contributed by atoms with Gasteiger partial charge in [-0.1, -0.05) is 6.07 Å². The Morgan fingerprint density at radius 2 is 1.85 bits per heavy atom. The van der Waals surface area contributed by atoms with Crippen molar-refractivity contribution in [2.45, 2.75) is 32.6 Å². The Morgan fingerprint density at radius 1 is 1.15 bits per heavy atom. The van der Waals surface area contributed by atoms with Crippen LogP contribution in [0.25, 0.3) is 10.9 Å². The molecule has 0 radical (unpaired) electrons. The molecule has 0 aliphatic rings. The van der Waals surface area contributed by atoms with Crippen LogP contribution in [-0.2, 0) is 19.6 Å². The van der Waals surface area contributed by atoms with E-state index in [9.17, 15) is 19.4 Å². The number of aliphatic hydroxyl groups is 2. The lowest BCUT2D eigenvalue weighted by molar-refractivity contribution is 0.0939. The van der Waals surface area contributed by atoms with Crippen molar-refractivity contribution < 1.29 is 19.4 Å². The lowest BCUT2D eigenvalue weighted by Crippen LogP contribution is -2.34. The molecule has 0 aliphatic heterocycles. The van der Waals surface area contributed by atoms with Crippen LogP contribution in [0.15, 0.2) is 42.6 Å². The van der Waals surface area contributed by atoms with Crippen molar-refractivity contribution in [2.24, 2.45) is 0 Å². The minimum atomic E-state index is -0.299. The molecule has 2 aromatic carbocycles. The Labute approximate surface area is 150 Å². The maximum Gasteiger partial charge on any atom is 0.251 e. The van der Waals surface area contributed by atoms with Crippen molar-refractivity contribution in [1.29, 1.82) is 0 Å². The molecule has 6 heteroatoms. The predicted molar refractivity (Wildman–Crippen MR) is 97.2 cm³/mol. The highest BCUT2D eigenvalue weighted by atomic mass is 19.1. The van der Waals surface area contributed by atoms with Crippen molar-refractivity contribution in [3.8, 4) is 0 Å². The standard InChI is InChI=1S/C20H21FN2O3/c1-12(4-16-9-22-19-3-2-17(21)8-18(16)19)23-20(26)15-6-13(10-24)5-14(7-15)11-25/h2-3,5-9,12,22,24-25H,4,10-11H2,1H3,(H,23,26). The summed E-state index contributed by atoms with van der Waals surface area (Å²) in [7, 11) is 0. The largest absolute Gasteiger partial charge is 0.392 e. The minimum absolute atomic E-state index is 0.180. The predicted octanol–water partition coefficient (Wildman–Crippen LogP) is 2.65. The zero-order chi connectivity index (χ0) is 18.7. The Hall–Kier alpha value is -2.70. The van der Waals surface area contributed by atoms with E-state index >= 15 is 0 Å². The zero-order valence-corrected chi connectivity index (χ0v) is 14.4. The highest BCUT2D eigenvalue weighted by Gasteiger charge is 2.14. The molecule has 1 aromatic heterocycles. The fourth-order valence-corrected chi connectivity index (χ4v) is 3.08. The van der Waals surface area contributed by atoms with Crippen molar-refractivity contribution in [3.63, 3.8) is 0 Å². The summed E-state index contributed by atoms with van der Waals surface area (Å²) in [4.78, 5) is 15.6. The first-order chi connectivity index (χ1) is 12.5. The van der Waals surface area contributed by atoms with Crippen LogP contribution in [0, 0.1) is 5.82 Å². The van der Waals surface area contributed by atoms with Gasteiger partial charge < -0.3 is 20.5 Å². The summed E-state index contributed by atoms with van der Waals surface area (Å²) < 4.78 is 13.5. The fourth-order valence-electron chi connectivity index (χ4n) is 3.08. The number of fused-ring (bicyclic) bond motifs is 1. The topological polar surface area (TPSA) is 85.4 Å². The van der Waals surface area contributed by atoms with E-state index in [4.69, 9.17) is 0 Å². The number of carbonyl (C=O) groups excluding carboxylic acids is 1. The van der Waals surface area contributed by atoms with E-state index in [-0.39, 0.29) is 31.0 Å². The molecule has 1 atom stereocenters. The van der Waals surface area contributed by atoms with E-state index in [1.807, 2.05) is 13.1 Å². The lowest BCUT2D eigenvalue weighted by Gasteiger charge is -2.15. The molecular weight excluding hydrogens is 335 g/mol. The first-order valence-corrected chi connectivity index (χ1v) is 8.41. The fraction of sp³-hybridized carbons (Fsp3) is 0.250. The first-order valence-electron chi connectivity index (χ1n) is 8.41. The molecule has 0 spiro atoms. The van der Waals surface area contributed by atoms with Gasteiger partial charge in [0.1, 0.15) is 5.82 Å². The zero-order valence-electron chi connectivity index (χ0n) is 14.4. The summed E-state index contributed by atoms with van der Waals surface area (Å²) in [5.41, 5.74) is 3.30. The second-order valence-corrected chi connectivity index (χ2v) is 6.44. The second kappa shape index (κ2) is 7.68. The summed E-state index contributed by atoms with van der Waals surface area (Å²) in [6, 6.07) is 9.24. The smallest absolute Gasteiger partial charge is 0.251 e. The third-order valence-electron chi connectivity index (χ3n) is 4.31. The van der Waals surface area contributed by atoms with Crippen molar-refractivity contribution >= 4 is 16.8 Å². The third kappa shape index (κ3) is 3.92. The minimum Gasteiger partial charge on any atom is -0.392 e. The van der Waals surface area contributed by atoms with Crippen molar-refractivity contribution in [2.75, 3.05) is 0 Å². The lowest BCUT2D eigenvalue weighted by atomic mass is 10.0. The number of aliphatic hydroxyl groups excluding tert-OH is 2. The maximum atomic E-state index is 13.5. The third-order valence-corrected chi connectivity index (χ3v) is 4.31. The van der Waals surface area contributed by atoms with Crippen LogP contribution >= 0.6 is 0 Å². The van der Waals surface area contributed by atoms with Gasteiger partial charge >= 0.3 is 0 Å². The number of rotatable bonds is 6. The van der Waals surface area contributed by atoms with Gasteiger partial charge in [-0.3, -0.25) is 4.79 Å². The summed E-state index contributed by atoms with van der Waals surface area (Å²) in [6.45, 7) is 1.47. The first kappa shape index (κ1) is 18.1. The van der Waals surface area contributed by atoms with E-state index < -0.39 is 0 Å². The number of hydrogen-bond donors (Lipinski definition) is 4. The van der Waals surface area contributed by atoms with E-state index in [1.54, 1.807) is 24.3 Å². The molecule has 0 bridgehead atoms. The van der Waals surface area contributed by atoms with Gasteiger partial charge in [-0.25, -0.2) is 4.39 Å². The van der Waals surface area contributed by atoms with E-state index in [2.05, 4.69) is 10.3 Å². The molecule has 1 amide bonds. The second-order valence-electron chi connectivity index (χ2n) is 6.44. The number of benzene rings is 2. The Kier molecular flexibility index (Phi) is 5.35. The van der Waals surface area contributed by atoms with Crippen LogP contribution in [0.2, 0.25) is 0 Å². The van der Waals surface area contributed by atoms with Gasteiger partial charge in [0.05, 0.1) is 13.2 Å². The highest BCUT2D eigenvalue weighted by molar-refractivity contribution is 5.94. The van der Waals surface area contributed by atoms with Crippen molar-refractivity contribution in [3.05, 3.63) is 70.7 Å². The molecule has 3 aromatic rings. The number of amides is 1. The normalized spacial score (nSPS) is 12.3. The number of H-pyrrole nitrogens is 1. The monoisotopic (exact) mass is 356 g/mol. The van der Waals surface area contributed by atoms with Crippen LogP contribution in [0.5, 0.6) is 0 Å². The molecule has 0 saturated heterocycles. The molecular formula is C20H21FN2O3. The van der Waals surface area contributed by atoms with Crippen LogP contribution < -0.4 is 5.32 Å². The molecule has 5 nitrogen and oxygen atoms in total. The molecule has 0 aliphatic carbocycles. The summed E-state index contributed by atoms with van der Waals surface area (Å²) in [5.74, 6) is -0.582. The Bertz CT molecular complexity index is 914. The molecule has 136 valence electrons. The van der Waals surface area contributed by atoms with Gasteiger partial charge in [0, 0.05) is 28.7 Å². The number of halogens is 1. The molecule has 4 N–H and O–H groups in total.